The molecule has 0 aliphatic heterocycles. The van der Waals surface area contributed by atoms with E-state index in [1.54, 1.807) is 19.5 Å². The van der Waals surface area contributed by atoms with Crippen molar-refractivity contribution in [3.8, 4) is 11.3 Å². The van der Waals surface area contributed by atoms with Crippen LogP contribution in [0.1, 0.15) is 4.88 Å². The summed E-state index contributed by atoms with van der Waals surface area (Å²) < 4.78 is 8.97. The molecule has 0 unspecified atom stereocenters. The van der Waals surface area contributed by atoms with Crippen molar-refractivity contribution in [2.45, 2.75) is 6.54 Å². The van der Waals surface area contributed by atoms with E-state index in [1.165, 1.54) is 11.5 Å². The van der Waals surface area contributed by atoms with Gasteiger partial charge in [-0.2, -0.15) is 0 Å². The zero-order valence-electron chi connectivity index (χ0n) is 9.59. The second-order valence-electron chi connectivity index (χ2n) is 3.45. The van der Waals surface area contributed by atoms with Gasteiger partial charge in [-0.05, 0) is 23.7 Å². The third-order valence-corrected chi connectivity index (χ3v) is 3.00. The highest BCUT2D eigenvalue weighted by Crippen LogP contribution is 2.22. The van der Waals surface area contributed by atoms with Gasteiger partial charge in [0, 0.05) is 38.2 Å². The quantitative estimate of drug-likeness (QED) is 0.784. The number of ether oxygens (including phenoxy) is 1. The lowest BCUT2D eigenvalue weighted by molar-refractivity contribution is 0.199. The molecule has 0 aliphatic carbocycles. The van der Waals surface area contributed by atoms with E-state index in [4.69, 9.17) is 4.74 Å². The first-order valence-corrected chi connectivity index (χ1v) is 6.10. The summed E-state index contributed by atoms with van der Waals surface area (Å²) >= 11 is 1.42. The Balaban J connectivity index is 2.02. The number of hydrogen-bond donors (Lipinski definition) is 1. The third-order valence-electron chi connectivity index (χ3n) is 2.28. The van der Waals surface area contributed by atoms with Gasteiger partial charge in [-0.15, -0.1) is 5.10 Å². The summed E-state index contributed by atoms with van der Waals surface area (Å²) in [6, 6.07) is 3.88. The van der Waals surface area contributed by atoms with E-state index in [2.05, 4.69) is 19.9 Å². The lowest BCUT2D eigenvalue weighted by atomic mass is 10.2. The molecule has 0 spiro atoms. The van der Waals surface area contributed by atoms with Crippen LogP contribution < -0.4 is 5.32 Å². The SMILES string of the molecule is COCCNCc1snnc1-c1ccncc1. The van der Waals surface area contributed by atoms with E-state index in [9.17, 15) is 0 Å². The molecule has 17 heavy (non-hydrogen) atoms. The molecule has 2 aromatic heterocycles. The minimum atomic E-state index is 0.705. The zero-order valence-corrected chi connectivity index (χ0v) is 10.4. The van der Waals surface area contributed by atoms with Gasteiger partial charge in [-0.3, -0.25) is 4.98 Å². The van der Waals surface area contributed by atoms with Gasteiger partial charge in [0.2, 0.25) is 0 Å². The molecular formula is C11H14N4OS. The number of pyridine rings is 1. The highest BCUT2D eigenvalue weighted by molar-refractivity contribution is 7.05. The highest BCUT2D eigenvalue weighted by Gasteiger charge is 2.09. The number of hydrogen-bond acceptors (Lipinski definition) is 6. The summed E-state index contributed by atoms with van der Waals surface area (Å²) in [7, 11) is 1.69. The van der Waals surface area contributed by atoms with Crippen LogP contribution >= 0.6 is 11.5 Å². The monoisotopic (exact) mass is 250 g/mol. The summed E-state index contributed by atoms with van der Waals surface area (Å²) in [5.41, 5.74) is 1.99. The number of rotatable bonds is 6. The standard InChI is InChI=1S/C11H14N4OS/c1-16-7-6-13-8-10-11(14-15-17-10)9-2-4-12-5-3-9/h2-5,13H,6-8H2,1H3. The van der Waals surface area contributed by atoms with Gasteiger partial charge in [0.1, 0.15) is 5.69 Å². The van der Waals surface area contributed by atoms with Gasteiger partial charge in [0.15, 0.2) is 0 Å². The molecule has 0 atom stereocenters. The predicted octanol–water partition coefficient (Wildman–Crippen LogP) is 1.34. The Morgan fingerprint density at radius 2 is 2.18 bits per heavy atom. The zero-order chi connectivity index (χ0) is 11.9. The van der Waals surface area contributed by atoms with Gasteiger partial charge in [-0.1, -0.05) is 4.49 Å². The molecule has 0 saturated heterocycles. The van der Waals surface area contributed by atoms with Crippen LogP contribution in [0.5, 0.6) is 0 Å². The van der Waals surface area contributed by atoms with Crippen LogP contribution in [0.3, 0.4) is 0 Å². The van der Waals surface area contributed by atoms with Crippen molar-refractivity contribution < 1.29 is 4.74 Å². The molecule has 0 amide bonds. The Morgan fingerprint density at radius 1 is 1.35 bits per heavy atom. The molecule has 2 heterocycles. The van der Waals surface area contributed by atoms with E-state index in [1.807, 2.05) is 12.1 Å². The van der Waals surface area contributed by atoms with Crippen LogP contribution in [0.25, 0.3) is 11.3 Å². The molecule has 5 nitrogen and oxygen atoms in total. The van der Waals surface area contributed by atoms with Gasteiger partial charge in [0.25, 0.3) is 0 Å². The Morgan fingerprint density at radius 3 is 2.94 bits per heavy atom. The van der Waals surface area contributed by atoms with Crippen LogP contribution in [-0.2, 0) is 11.3 Å². The van der Waals surface area contributed by atoms with E-state index in [0.29, 0.717) is 6.61 Å². The lowest BCUT2D eigenvalue weighted by Crippen LogP contribution is -2.18. The molecule has 0 saturated carbocycles. The summed E-state index contributed by atoms with van der Waals surface area (Å²) in [4.78, 5) is 5.13. The fraction of sp³-hybridized carbons (Fsp3) is 0.364. The molecule has 0 radical (unpaired) electrons. The van der Waals surface area contributed by atoms with Crippen LogP contribution in [0.2, 0.25) is 0 Å². The fourth-order valence-corrected chi connectivity index (χ4v) is 2.06. The molecule has 6 heteroatoms. The van der Waals surface area contributed by atoms with Gasteiger partial charge >= 0.3 is 0 Å². The lowest BCUT2D eigenvalue weighted by Gasteiger charge is -2.03. The van der Waals surface area contributed by atoms with Crippen molar-refractivity contribution in [2.24, 2.45) is 0 Å². The maximum atomic E-state index is 4.98. The highest BCUT2D eigenvalue weighted by atomic mass is 32.1. The van der Waals surface area contributed by atoms with Gasteiger partial charge in [0.05, 0.1) is 11.5 Å². The van der Waals surface area contributed by atoms with Gasteiger partial charge < -0.3 is 10.1 Å². The van der Waals surface area contributed by atoms with Crippen LogP contribution in [0.4, 0.5) is 0 Å². The first kappa shape index (κ1) is 12.1. The number of methoxy groups -OCH3 is 1. The van der Waals surface area contributed by atoms with Crippen molar-refractivity contribution >= 4 is 11.5 Å². The van der Waals surface area contributed by atoms with E-state index >= 15 is 0 Å². The minimum absolute atomic E-state index is 0.705. The second-order valence-corrected chi connectivity index (χ2v) is 4.29. The number of nitrogens with one attached hydrogen (secondary N) is 1. The minimum Gasteiger partial charge on any atom is -0.383 e. The first-order valence-electron chi connectivity index (χ1n) is 5.33. The number of nitrogens with zero attached hydrogens (tertiary/aromatic N) is 3. The van der Waals surface area contributed by atoms with E-state index in [-0.39, 0.29) is 0 Å². The Labute approximate surface area is 104 Å². The largest absolute Gasteiger partial charge is 0.383 e. The molecule has 0 bridgehead atoms. The second kappa shape index (κ2) is 6.39. The van der Waals surface area contributed by atoms with Crippen molar-refractivity contribution in [3.05, 3.63) is 29.4 Å². The molecule has 2 rings (SSSR count). The maximum Gasteiger partial charge on any atom is 0.110 e. The average Bonchev–Trinajstić information content (AvgIpc) is 2.84. The fourth-order valence-electron chi connectivity index (χ4n) is 1.43. The molecule has 0 fully saturated rings. The summed E-state index contributed by atoms with van der Waals surface area (Å²) in [5.74, 6) is 0. The molecule has 2 aromatic rings. The van der Waals surface area contributed by atoms with Crippen LogP contribution in [0, 0.1) is 0 Å². The van der Waals surface area contributed by atoms with Gasteiger partial charge in [-0.25, -0.2) is 0 Å². The van der Waals surface area contributed by atoms with Crippen LogP contribution in [-0.4, -0.2) is 34.8 Å². The van der Waals surface area contributed by atoms with Crippen molar-refractivity contribution in [3.63, 3.8) is 0 Å². The maximum absolute atomic E-state index is 4.98. The molecule has 90 valence electrons. The third kappa shape index (κ3) is 3.29. The summed E-state index contributed by atoms with van der Waals surface area (Å²) in [5, 5.41) is 7.44. The van der Waals surface area contributed by atoms with Crippen molar-refractivity contribution in [1.29, 1.82) is 0 Å². The smallest absolute Gasteiger partial charge is 0.110 e. The number of aromatic nitrogens is 3. The van der Waals surface area contributed by atoms with Crippen molar-refractivity contribution in [1.82, 2.24) is 19.9 Å². The van der Waals surface area contributed by atoms with Crippen molar-refractivity contribution in [2.75, 3.05) is 20.3 Å². The first-order chi connectivity index (χ1) is 8.42. The Kier molecular flexibility index (Phi) is 4.54. The topological polar surface area (TPSA) is 59.9 Å². The normalized spacial score (nSPS) is 10.6. The Hall–Kier alpha value is -1.37. The van der Waals surface area contributed by atoms with E-state index < -0.39 is 0 Å². The molecule has 1 N–H and O–H groups in total. The van der Waals surface area contributed by atoms with Crippen LogP contribution in [0.15, 0.2) is 24.5 Å². The molecular weight excluding hydrogens is 236 g/mol. The predicted molar refractivity (Wildman–Crippen MR) is 66.7 cm³/mol. The average molecular weight is 250 g/mol. The molecule has 0 aromatic carbocycles. The summed E-state index contributed by atoms with van der Waals surface area (Å²) in [6.07, 6.45) is 3.52. The van der Waals surface area contributed by atoms with E-state index in [0.717, 1.165) is 29.2 Å². The Bertz CT molecular complexity index is 446. The molecule has 0 aliphatic rings. The summed E-state index contributed by atoms with van der Waals surface area (Å²) in [6.45, 7) is 2.29.